The second-order valence-corrected chi connectivity index (χ2v) is 6.62. The van der Waals surface area contributed by atoms with Gasteiger partial charge in [-0.25, -0.2) is 0 Å². The Hall–Kier alpha value is -0.570. The molecular formula is C15H28N2O. The Morgan fingerprint density at radius 3 is 2.78 bits per heavy atom. The third-order valence-corrected chi connectivity index (χ3v) is 4.74. The van der Waals surface area contributed by atoms with Crippen LogP contribution in [-0.4, -0.2) is 25.0 Å². The third-order valence-electron chi connectivity index (χ3n) is 4.74. The molecule has 0 aromatic rings. The maximum atomic E-state index is 12.4. The molecule has 1 aliphatic carbocycles. The third kappa shape index (κ3) is 3.47. The van der Waals surface area contributed by atoms with Crippen molar-refractivity contribution < 1.29 is 4.79 Å². The van der Waals surface area contributed by atoms with Gasteiger partial charge in [0.05, 0.1) is 5.41 Å². The monoisotopic (exact) mass is 252 g/mol. The maximum Gasteiger partial charge on any atom is 0.227 e. The lowest BCUT2D eigenvalue weighted by atomic mass is 9.81. The number of carbonyl (C=O) groups is 1. The number of nitrogens with one attached hydrogen (secondary N) is 2. The molecule has 1 saturated carbocycles. The minimum absolute atomic E-state index is 0.184. The van der Waals surface area contributed by atoms with E-state index >= 15 is 0 Å². The van der Waals surface area contributed by atoms with Crippen LogP contribution in [0.5, 0.6) is 0 Å². The Bertz CT molecular complexity index is 284. The summed E-state index contributed by atoms with van der Waals surface area (Å²) < 4.78 is 0. The van der Waals surface area contributed by atoms with Crippen molar-refractivity contribution in [1.82, 2.24) is 10.6 Å². The minimum atomic E-state index is -0.184. The SMILES string of the molecule is CC1CCCC(NC(=O)C2(C)CCCNC2)CC1. The van der Waals surface area contributed by atoms with Crippen LogP contribution in [0.4, 0.5) is 0 Å². The number of hydrogen-bond acceptors (Lipinski definition) is 2. The first-order chi connectivity index (χ1) is 8.60. The number of carbonyl (C=O) groups excluding carboxylic acids is 1. The summed E-state index contributed by atoms with van der Waals surface area (Å²) in [6.07, 6.45) is 8.32. The fourth-order valence-electron chi connectivity index (χ4n) is 3.24. The second kappa shape index (κ2) is 6.05. The highest BCUT2D eigenvalue weighted by Gasteiger charge is 2.35. The van der Waals surface area contributed by atoms with Gasteiger partial charge in [0.15, 0.2) is 0 Å². The summed E-state index contributed by atoms with van der Waals surface area (Å²) in [6, 6.07) is 0.418. The van der Waals surface area contributed by atoms with Crippen molar-refractivity contribution in [3.05, 3.63) is 0 Å². The molecule has 3 heteroatoms. The molecule has 2 fully saturated rings. The fraction of sp³-hybridized carbons (Fsp3) is 0.933. The number of amides is 1. The van der Waals surface area contributed by atoms with Crippen LogP contribution in [0.15, 0.2) is 0 Å². The number of hydrogen-bond donors (Lipinski definition) is 2. The number of piperidine rings is 1. The smallest absolute Gasteiger partial charge is 0.227 e. The molecule has 0 aromatic carbocycles. The van der Waals surface area contributed by atoms with Crippen molar-refractivity contribution in [1.29, 1.82) is 0 Å². The van der Waals surface area contributed by atoms with E-state index in [4.69, 9.17) is 0 Å². The zero-order chi connectivity index (χ0) is 13.0. The molecule has 18 heavy (non-hydrogen) atoms. The zero-order valence-corrected chi connectivity index (χ0v) is 11.9. The topological polar surface area (TPSA) is 41.1 Å². The molecular weight excluding hydrogens is 224 g/mol. The fourth-order valence-corrected chi connectivity index (χ4v) is 3.24. The molecule has 2 aliphatic rings. The molecule has 1 amide bonds. The minimum Gasteiger partial charge on any atom is -0.353 e. The van der Waals surface area contributed by atoms with Gasteiger partial charge in [0, 0.05) is 12.6 Å². The molecule has 1 aliphatic heterocycles. The van der Waals surface area contributed by atoms with Gasteiger partial charge < -0.3 is 10.6 Å². The van der Waals surface area contributed by atoms with Gasteiger partial charge >= 0.3 is 0 Å². The van der Waals surface area contributed by atoms with Crippen LogP contribution in [0.3, 0.4) is 0 Å². The first-order valence-electron chi connectivity index (χ1n) is 7.62. The molecule has 2 N–H and O–H groups in total. The van der Waals surface area contributed by atoms with Crippen LogP contribution >= 0.6 is 0 Å². The molecule has 104 valence electrons. The quantitative estimate of drug-likeness (QED) is 0.741. The highest BCUT2D eigenvalue weighted by Crippen LogP contribution is 2.27. The summed E-state index contributed by atoms with van der Waals surface area (Å²) in [5.41, 5.74) is -0.184. The molecule has 0 radical (unpaired) electrons. The van der Waals surface area contributed by atoms with Crippen LogP contribution in [-0.2, 0) is 4.79 Å². The van der Waals surface area contributed by atoms with Crippen molar-refractivity contribution in [3.8, 4) is 0 Å². The van der Waals surface area contributed by atoms with Gasteiger partial charge in [-0.1, -0.05) is 19.8 Å². The lowest BCUT2D eigenvalue weighted by Crippen LogP contribution is -2.51. The normalized spacial score (nSPS) is 37.9. The second-order valence-electron chi connectivity index (χ2n) is 6.62. The van der Waals surface area contributed by atoms with Gasteiger partial charge in [-0.15, -0.1) is 0 Å². The zero-order valence-electron chi connectivity index (χ0n) is 11.9. The van der Waals surface area contributed by atoms with E-state index in [9.17, 15) is 4.79 Å². The summed E-state index contributed by atoms with van der Waals surface area (Å²) in [7, 11) is 0. The van der Waals surface area contributed by atoms with E-state index in [1.165, 1.54) is 25.7 Å². The van der Waals surface area contributed by atoms with Gasteiger partial charge in [0.2, 0.25) is 5.91 Å². The van der Waals surface area contributed by atoms with Crippen LogP contribution in [0.25, 0.3) is 0 Å². The van der Waals surface area contributed by atoms with E-state index in [1.54, 1.807) is 0 Å². The molecule has 3 unspecified atom stereocenters. The lowest BCUT2D eigenvalue weighted by Gasteiger charge is -2.34. The summed E-state index contributed by atoms with van der Waals surface area (Å²) in [6.45, 7) is 6.33. The maximum absolute atomic E-state index is 12.4. The molecule has 3 atom stereocenters. The van der Waals surface area contributed by atoms with Crippen molar-refractivity contribution in [2.75, 3.05) is 13.1 Å². The molecule has 1 saturated heterocycles. The van der Waals surface area contributed by atoms with Gasteiger partial charge in [-0.2, -0.15) is 0 Å². The van der Waals surface area contributed by atoms with Crippen LogP contribution in [0.2, 0.25) is 0 Å². The molecule has 0 aromatic heterocycles. The Morgan fingerprint density at radius 1 is 1.22 bits per heavy atom. The average molecular weight is 252 g/mol. The van der Waals surface area contributed by atoms with Gasteiger partial charge in [-0.05, 0) is 51.5 Å². The summed E-state index contributed by atoms with van der Waals surface area (Å²) in [4.78, 5) is 12.4. The first-order valence-corrected chi connectivity index (χ1v) is 7.62. The van der Waals surface area contributed by atoms with Crippen molar-refractivity contribution in [2.24, 2.45) is 11.3 Å². The predicted octanol–water partition coefficient (Wildman–Crippen LogP) is 2.46. The van der Waals surface area contributed by atoms with Crippen molar-refractivity contribution in [2.45, 2.75) is 64.8 Å². The summed E-state index contributed by atoms with van der Waals surface area (Å²) >= 11 is 0. The molecule has 2 rings (SSSR count). The standard InChI is InChI=1S/C15H28N2O/c1-12-5-3-6-13(8-7-12)17-14(18)15(2)9-4-10-16-11-15/h12-13,16H,3-11H2,1-2H3,(H,17,18). The van der Waals surface area contributed by atoms with Crippen molar-refractivity contribution >= 4 is 5.91 Å². The van der Waals surface area contributed by atoms with Gasteiger partial charge in [0.25, 0.3) is 0 Å². The number of rotatable bonds is 2. The highest BCUT2D eigenvalue weighted by atomic mass is 16.2. The van der Waals surface area contributed by atoms with Crippen molar-refractivity contribution in [3.63, 3.8) is 0 Å². The van der Waals surface area contributed by atoms with E-state index < -0.39 is 0 Å². The molecule has 3 nitrogen and oxygen atoms in total. The van der Waals surface area contributed by atoms with E-state index in [1.807, 2.05) is 0 Å². The first kappa shape index (κ1) is 13.9. The van der Waals surface area contributed by atoms with Crippen LogP contribution in [0, 0.1) is 11.3 Å². The predicted molar refractivity (Wildman–Crippen MR) is 74.4 cm³/mol. The van der Waals surface area contributed by atoms with E-state index in [0.717, 1.165) is 38.3 Å². The van der Waals surface area contributed by atoms with E-state index in [0.29, 0.717) is 6.04 Å². The Morgan fingerprint density at radius 2 is 2.06 bits per heavy atom. The average Bonchev–Trinajstić information content (AvgIpc) is 2.55. The molecule has 0 bridgehead atoms. The Kier molecular flexibility index (Phi) is 4.66. The van der Waals surface area contributed by atoms with Crippen LogP contribution in [0.1, 0.15) is 58.8 Å². The van der Waals surface area contributed by atoms with Gasteiger partial charge in [0.1, 0.15) is 0 Å². The lowest BCUT2D eigenvalue weighted by molar-refractivity contribution is -0.131. The van der Waals surface area contributed by atoms with E-state index in [2.05, 4.69) is 24.5 Å². The molecule has 0 spiro atoms. The summed E-state index contributed by atoms with van der Waals surface area (Å²) in [5.74, 6) is 1.10. The Labute approximate surface area is 111 Å². The van der Waals surface area contributed by atoms with E-state index in [-0.39, 0.29) is 11.3 Å². The largest absolute Gasteiger partial charge is 0.353 e. The Balaban J connectivity index is 1.86. The van der Waals surface area contributed by atoms with Gasteiger partial charge in [-0.3, -0.25) is 4.79 Å². The summed E-state index contributed by atoms with van der Waals surface area (Å²) in [5, 5.41) is 6.66. The highest BCUT2D eigenvalue weighted by molar-refractivity contribution is 5.82. The van der Waals surface area contributed by atoms with Crippen LogP contribution < -0.4 is 10.6 Å². The molecule has 1 heterocycles.